The average Bonchev–Trinajstić information content (AvgIpc) is 3.36. The third-order valence-corrected chi connectivity index (χ3v) is 4.91. The number of ether oxygens (including phenoxy) is 1. The zero-order chi connectivity index (χ0) is 17.1. The Balaban J connectivity index is 1.57. The Morgan fingerprint density at radius 1 is 1.24 bits per heavy atom. The third kappa shape index (κ3) is 3.72. The van der Waals surface area contributed by atoms with E-state index in [9.17, 15) is 0 Å². The van der Waals surface area contributed by atoms with Crippen LogP contribution in [0.25, 0.3) is 0 Å². The summed E-state index contributed by atoms with van der Waals surface area (Å²) >= 11 is 1.59. The predicted molar refractivity (Wildman–Crippen MR) is 91.7 cm³/mol. The van der Waals surface area contributed by atoms with Gasteiger partial charge in [0.05, 0.1) is 31.7 Å². The van der Waals surface area contributed by atoms with Crippen molar-refractivity contribution in [1.82, 2.24) is 19.9 Å². The molecule has 0 saturated carbocycles. The van der Waals surface area contributed by atoms with Crippen molar-refractivity contribution in [1.29, 1.82) is 0 Å². The summed E-state index contributed by atoms with van der Waals surface area (Å²) in [4.78, 5) is 2.20. The van der Waals surface area contributed by atoms with E-state index >= 15 is 0 Å². The van der Waals surface area contributed by atoms with Crippen LogP contribution in [-0.4, -0.2) is 46.2 Å². The molecule has 1 fully saturated rings. The second kappa shape index (κ2) is 7.32. The molecule has 0 N–H and O–H groups in total. The summed E-state index contributed by atoms with van der Waals surface area (Å²) in [5, 5.41) is 13.7. The number of thioether (sulfide) groups is 1. The maximum absolute atomic E-state index is 5.51. The minimum atomic E-state index is 0.590. The zero-order valence-corrected chi connectivity index (χ0v) is 14.7. The van der Waals surface area contributed by atoms with Crippen molar-refractivity contribution in [3.05, 3.63) is 41.7 Å². The summed E-state index contributed by atoms with van der Waals surface area (Å²) < 4.78 is 18.2. The molecule has 0 spiro atoms. The topological polar surface area (TPSA) is 82.4 Å². The van der Waals surface area contributed by atoms with Crippen molar-refractivity contribution in [2.45, 2.75) is 24.4 Å². The van der Waals surface area contributed by atoms with Gasteiger partial charge in [-0.3, -0.25) is 4.57 Å². The summed E-state index contributed by atoms with van der Waals surface area (Å²) in [7, 11) is 0. The number of rotatable bonds is 6. The molecule has 3 aromatic heterocycles. The summed E-state index contributed by atoms with van der Waals surface area (Å²) in [6.45, 7) is 5.50. The molecule has 1 saturated heterocycles. The second-order valence-corrected chi connectivity index (χ2v) is 6.71. The van der Waals surface area contributed by atoms with Gasteiger partial charge in [-0.25, -0.2) is 0 Å². The van der Waals surface area contributed by atoms with E-state index in [2.05, 4.69) is 24.8 Å². The number of furan rings is 1. The van der Waals surface area contributed by atoms with E-state index in [1.807, 2.05) is 25.1 Å². The third-order valence-electron chi connectivity index (χ3n) is 3.91. The molecule has 0 bridgehead atoms. The van der Waals surface area contributed by atoms with Gasteiger partial charge in [-0.05, 0) is 19.1 Å². The Labute approximate surface area is 149 Å². The molecule has 1 aliphatic rings. The first-order valence-electron chi connectivity index (χ1n) is 8.13. The highest BCUT2D eigenvalue weighted by molar-refractivity contribution is 7.98. The molecule has 4 heterocycles. The van der Waals surface area contributed by atoms with Gasteiger partial charge in [0, 0.05) is 24.9 Å². The molecule has 0 aromatic carbocycles. The monoisotopic (exact) mass is 361 g/mol. The lowest BCUT2D eigenvalue weighted by molar-refractivity contribution is 0.121. The Bertz CT molecular complexity index is 808. The first-order chi connectivity index (χ1) is 12.3. The molecule has 8 nitrogen and oxygen atoms in total. The average molecular weight is 361 g/mol. The van der Waals surface area contributed by atoms with Crippen LogP contribution in [0.15, 0.2) is 38.6 Å². The van der Waals surface area contributed by atoms with Gasteiger partial charge in [0.25, 0.3) is 0 Å². The van der Waals surface area contributed by atoms with E-state index in [0.717, 1.165) is 41.4 Å². The number of morpholine rings is 1. The number of nitrogens with zero attached hydrogens (tertiary/aromatic N) is 5. The van der Waals surface area contributed by atoms with Crippen molar-refractivity contribution in [3.63, 3.8) is 0 Å². The van der Waals surface area contributed by atoms with Crippen LogP contribution in [0.3, 0.4) is 0 Å². The Hall–Kier alpha value is -2.26. The maximum Gasteiger partial charge on any atom is 0.228 e. The number of anilines is 1. The molecule has 0 atom stereocenters. The normalized spacial score (nSPS) is 15.0. The number of hydrogen-bond acceptors (Lipinski definition) is 8. The van der Waals surface area contributed by atoms with Gasteiger partial charge in [-0.15, -0.1) is 10.2 Å². The van der Waals surface area contributed by atoms with Gasteiger partial charge in [-0.1, -0.05) is 16.9 Å². The maximum atomic E-state index is 5.51. The largest absolute Gasteiger partial charge is 0.467 e. The van der Waals surface area contributed by atoms with Crippen LogP contribution in [-0.2, 0) is 17.0 Å². The van der Waals surface area contributed by atoms with E-state index in [1.165, 1.54) is 0 Å². The zero-order valence-electron chi connectivity index (χ0n) is 13.9. The van der Waals surface area contributed by atoms with E-state index < -0.39 is 0 Å². The van der Waals surface area contributed by atoms with Crippen LogP contribution in [0.2, 0.25) is 0 Å². The predicted octanol–water partition coefficient (Wildman–Crippen LogP) is 2.34. The van der Waals surface area contributed by atoms with Crippen LogP contribution in [0.5, 0.6) is 0 Å². The van der Waals surface area contributed by atoms with Gasteiger partial charge in [0.1, 0.15) is 11.5 Å². The molecule has 132 valence electrons. The summed E-state index contributed by atoms with van der Waals surface area (Å²) in [6, 6.07) is 5.78. The fourth-order valence-corrected chi connectivity index (χ4v) is 3.52. The summed E-state index contributed by atoms with van der Waals surface area (Å²) in [5.41, 5.74) is 0.892. The van der Waals surface area contributed by atoms with E-state index in [4.69, 9.17) is 13.7 Å². The summed E-state index contributed by atoms with van der Waals surface area (Å²) in [6.07, 6.45) is 1.68. The van der Waals surface area contributed by atoms with Crippen LogP contribution >= 0.6 is 11.8 Å². The highest BCUT2D eigenvalue weighted by atomic mass is 32.2. The molecule has 0 aliphatic carbocycles. The van der Waals surface area contributed by atoms with Gasteiger partial charge in [0.15, 0.2) is 5.16 Å². The van der Waals surface area contributed by atoms with Crippen molar-refractivity contribution < 1.29 is 13.7 Å². The van der Waals surface area contributed by atoms with E-state index in [-0.39, 0.29) is 0 Å². The fraction of sp³-hybridized carbons (Fsp3) is 0.438. The lowest BCUT2D eigenvalue weighted by Crippen LogP contribution is -2.38. The van der Waals surface area contributed by atoms with Gasteiger partial charge in [0.2, 0.25) is 5.95 Å². The molecule has 4 rings (SSSR count). The Morgan fingerprint density at radius 2 is 2.12 bits per heavy atom. The first-order valence-corrected chi connectivity index (χ1v) is 9.11. The Morgan fingerprint density at radius 3 is 2.84 bits per heavy atom. The molecule has 9 heteroatoms. The quantitative estimate of drug-likeness (QED) is 0.619. The van der Waals surface area contributed by atoms with Crippen LogP contribution in [0.4, 0.5) is 5.95 Å². The smallest absolute Gasteiger partial charge is 0.228 e. The van der Waals surface area contributed by atoms with Crippen LogP contribution in [0.1, 0.15) is 17.2 Å². The molecular weight excluding hydrogens is 342 g/mol. The van der Waals surface area contributed by atoms with Crippen LogP contribution < -0.4 is 4.90 Å². The van der Waals surface area contributed by atoms with Crippen molar-refractivity contribution in [2.75, 3.05) is 31.2 Å². The SMILES string of the molecule is Cc1cc(CSc2nnc(N3CCOCC3)n2Cc2ccco2)no1. The highest BCUT2D eigenvalue weighted by Crippen LogP contribution is 2.26. The lowest BCUT2D eigenvalue weighted by Gasteiger charge is -2.27. The standard InChI is InChI=1S/C16H19N5O3S/c1-12-9-13(19-24-12)11-25-16-18-17-15(20-4-7-22-8-5-20)21(16)10-14-3-2-6-23-14/h2-3,6,9H,4-5,7-8,10-11H2,1H3. The fourth-order valence-electron chi connectivity index (χ4n) is 2.71. The van der Waals surface area contributed by atoms with Gasteiger partial charge in [-0.2, -0.15) is 0 Å². The van der Waals surface area contributed by atoms with Crippen molar-refractivity contribution in [2.24, 2.45) is 0 Å². The summed E-state index contributed by atoms with van der Waals surface area (Å²) in [5.74, 6) is 3.20. The van der Waals surface area contributed by atoms with Crippen LogP contribution in [0, 0.1) is 6.92 Å². The number of aromatic nitrogens is 4. The molecular formula is C16H19N5O3S. The van der Waals surface area contributed by atoms with Gasteiger partial charge >= 0.3 is 0 Å². The first kappa shape index (κ1) is 16.2. The number of aryl methyl sites for hydroxylation is 1. The minimum Gasteiger partial charge on any atom is -0.467 e. The molecule has 0 radical (unpaired) electrons. The second-order valence-electron chi connectivity index (χ2n) is 5.77. The van der Waals surface area contributed by atoms with Crippen molar-refractivity contribution in [3.8, 4) is 0 Å². The van der Waals surface area contributed by atoms with E-state index in [1.54, 1.807) is 18.0 Å². The number of hydrogen-bond donors (Lipinski definition) is 0. The van der Waals surface area contributed by atoms with Crippen molar-refractivity contribution >= 4 is 17.7 Å². The minimum absolute atomic E-state index is 0.590. The molecule has 0 amide bonds. The Kier molecular flexibility index (Phi) is 4.75. The molecule has 3 aromatic rings. The van der Waals surface area contributed by atoms with Gasteiger partial charge < -0.3 is 18.6 Å². The lowest BCUT2D eigenvalue weighted by atomic mass is 10.4. The molecule has 1 aliphatic heterocycles. The molecule has 25 heavy (non-hydrogen) atoms. The highest BCUT2D eigenvalue weighted by Gasteiger charge is 2.21. The molecule has 0 unspecified atom stereocenters. The van der Waals surface area contributed by atoms with E-state index in [0.29, 0.717) is 25.5 Å².